The topological polar surface area (TPSA) is 86.7 Å². The van der Waals surface area contributed by atoms with Gasteiger partial charge >= 0.3 is 5.69 Å². The number of nitrogens with one attached hydrogen (secondary N) is 2. The van der Waals surface area contributed by atoms with Crippen LogP contribution < -0.4 is 5.69 Å². The summed E-state index contributed by atoms with van der Waals surface area (Å²) in [4.78, 5) is 21.4. The summed E-state index contributed by atoms with van der Waals surface area (Å²) in [7, 11) is 0. The fourth-order valence-corrected chi connectivity index (χ4v) is 1.98. The number of rotatable bonds is 3. The molecule has 0 saturated carbocycles. The Morgan fingerprint density at radius 3 is 2.74 bits per heavy atom. The van der Waals surface area contributed by atoms with E-state index in [-0.39, 0.29) is 11.6 Å². The smallest absolute Gasteiger partial charge is 0.333 e. The molecule has 0 bridgehead atoms. The number of aromatic hydroxyl groups is 1. The average molecular weight is 256 g/mol. The Morgan fingerprint density at radius 1 is 1.26 bits per heavy atom. The summed E-state index contributed by atoms with van der Waals surface area (Å²) in [6, 6.07) is 8.99. The highest BCUT2D eigenvalue weighted by Crippen LogP contribution is 2.19. The molecule has 0 aliphatic carbocycles. The van der Waals surface area contributed by atoms with E-state index in [0.717, 1.165) is 5.69 Å². The molecular formula is C13H12N4O2. The first-order chi connectivity index (χ1) is 9.25. The standard InChI is InChI=1S/C13H12N4O2/c18-12-11(6-9-7-14-8-15-9)16-13(19)17(12)10-4-2-1-3-5-10/h1-5,7-8,18H,6H2,(H,14,15)(H,16,19). The van der Waals surface area contributed by atoms with Crippen molar-refractivity contribution < 1.29 is 5.11 Å². The van der Waals surface area contributed by atoms with Crippen molar-refractivity contribution in [3.05, 3.63) is 64.7 Å². The van der Waals surface area contributed by atoms with Gasteiger partial charge in [-0.15, -0.1) is 0 Å². The van der Waals surface area contributed by atoms with E-state index < -0.39 is 0 Å². The minimum absolute atomic E-state index is 0.0780. The van der Waals surface area contributed by atoms with Crippen molar-refractivity contribution in [2.45, 2.75) is 6.42 Å². The summed E-state index contributed by atoms with van der Waals surface area (Å²) in [5.74, 6) is -0.0780. The molecule has 0 fully saturated rings. The number of hydrogen-bond donors (Lipinski definition) is 3. The third-order valence-corrected chi connectivity index (χ3v) is 2.88. The largest absolute Gasteiger partial charge is 0.493 e. The molecule has 0 aliphatic heterocycles. The van der Waals surface area contributed by atoms with Crippen LogP contribution in [0.4, 0.5) is 0 Å². The van der Waals surface area contributed by atoms with Gasteiger partial charge in [-0.25, -0.2) is 14.3 Å². The van der Waals surface area contributed by atoms with Gasteiger partial charge in [0.25, 0.3) is 0 Å². The maximum absolute atomic E-state index is 11.9. The lowest BCUT2D eigenvalue weighted by atomic mass is 10.2. The van der Waals surface area contributed by atoms with Crippen LogP contribution in [0.25, 0.3) is 5.69 Å². The molecule has 19 heavy (non-hydrogen) atoms. The van der Waals surface area contributed by atoms with Gasteiger partial charge in [-0.3, -0.25) is 0 Å². The van der Waals surface area contributed by atoms with Gasteiger partial charge in [0, 0.05) is 18.3 Å². The van der Waals surface area contributed by atoms with Crippen molar-refractivity contribution in [2.24, 2.45) is 0 Å². The van der Waals surface area contributed by atoms with Crippen molar-refractivity contribution in [1.29, 1.82) is 0 Å². The van der Waals surface area contributed by atoms with Gasteiger partial charge in [0.2, 0.25) is 5.88 Å². The van der Waals surface area contributed by atoms with E-state index in [2.05, 4.69) is 15.0 Å². The second kappa shape index (κ2) is 4.49. The van der Waals surface area contributed by atoms with Crippen molar-refractivity contribution >= 4 is 0 Å². The van der Waals surface area contributed by atoms with E-state index in [1.165, 1.54) is 4.57 Å². The maximum atomic E-state index is 11.9. The number of hydrogen-bond acceptors (Lipinski definition) is 3. The monoisotopic (exact) mass is 256 g/mol. The van der Waals surface area contributed by atoms with E-state index in [1.807, 2.05) is 18.2 Å². The summed E-state index contributed by atoms with van der Waals surface area (Å²) in [6.45, 7) is 0. The van der Waals surface area contributed by atoms with Gasteiger partial charge in [0.15, 0.2) is 0 Å². The van der Waals surface area contributed by atoms with Crippen LogP contribution in [0.2, 0.25) is 0 Å². The minimum Gasteiger partial charge on any atom is -0.493 e. The van der Waals surface area contributed by atoms with Crippen LogP contribution in [0.15, 0.2) is 47.7 Å². The Morgan fingerprint density at radius 2 is 2.05 bits per heavy atom. The Labute approximate surface area is 108 Å². The van der Waals surface area contributed by atoms with Crippen molar-refractivity contribution in [2.75, 3.05) is 0 Å². The predicted octanol–water partition coefficient (Wildman–Crippen LogP) is 1.19. The van der Waals surface area contributed by atoms with E-state index >= 15 is 0 Å². The Bertz CT molecular complexity index is 726. The first-order valence-electron chi connectivity index (χ1n) is 5.81. The zero-order valence-corrected chi connectivity index (χ0v) is 10.00. The van der Waals surface area contributed by atoms with Gasteiger partial charge < -0.3 is 15.1 Å². The van der Waals surface area contributed by atoms with Crippen LogP contribution in [0.3, 0.4) is 0 Å². The van der Waals surface area contributed by atoms with E-state index in [9.17, 15) is 9.90 Å². The number of imidazole rings is 2. The molecule has 0 radical (unpaired) electrons. The summed E-state index contributed by atoms with van der Waals surface area (Å²) in [5, 5.41) is 10.2. The number of aromatic amines is 2. The first-order valence-corrected chi connectivity index (χ1v) is 5.81. The fraction of sp³-hybridized carbons (Fsp3) is 0.0769. The number of aromatic nitrogens is 4. The molecule has 0 atom stereocenters. The normalized spacial score (nSPS) is 10.7. The SMILES string of the molecule is O=c1[nH]c(Cc2cnc[nH]2)c(O)n1-c1ccccc1. The second-order valence-corrected chi connectivity index (χ2v) is 4.16. The molecule has 0 unspecified atom stereocenters. The molecule has 2 aromatic heterocycles. The van der Waals surface area contributed by atoms with Gasteiger partial charge in [0.1, 0.15) is 0 Å². The van der Waals surface area contributed by atoms with Gasteiger partial charge in [-0.2, -0.15) is 0 Å². The highest BCUT2D eigenvalue weighted by molar-refractivity contribution is 5.38. The molecule has 0 aliphatic rings. The Balaban J connectivity index is 2.04. The van der Waals surface area contributed by atoms with E-state index in [4.69, 9.17) is 0 Å². The molecule has 3 rings (SSSR count). The predicted molar refractivity (Wildman–Crippen MR) is 69.4 cm³/mol. The molecule has 96 valence electrons. The minimum atomic E-state index is -0.363. The molecule has 0 amide bonds. The molecular weight excluding hydrogens is 244 g/mol. The van der Waals surface area contributed by atoms with Gasteiger partial charge in [-0.1, -0.05) is 18.2 Å². The molecule has 2 heterocycles. The lowest BCUT2D eigenvalue weighted by Gasteiger charge is -2.02. The zero-order chi connectivity index (χ0) is 13.2. The highest BCUT2D eigenvalue weighted by Gasteiger charge is 2.14. The third kappa shape index (κ3) is 2.03. The van der Waals surface area contributed by atoms with Gasteiger partial charge in [-0.05, 0) is 12.1 Å². The molecule has 6 nitrogen and oxygen atoms in total. The fourth-order valence-electron chi connectivity index (χ4n) is 1.98. The summed E-state index contributed by atoms with van der Waals surface area (Å²) >= 11 is 0. The number of nitrogens with zero attached hydrogens (tertiary/aromatic N) is 2. The van der Waals surface area contributed by atoms with Crippen LogP contribution in [-0.2, 0) is 6.42 Å². The molecule has 3 aromatic rings. The van der Waals surface area contributed by atoms with Crippen LogP contribution in [-0.4, -0.2) is 24.6 Å². The molecule has 6 heteroatoms. The molecule has 3 N–H and O–H groups in total. The lowest BCUT2D eigenvalue weighted by molar-refractivity contribution is 0.435. The van der Waals surface area contributed by atoms with Crippen molar-refractivity contribution in [3.63, 3.8) is 0 Å². The second-order valence-electron chi connectivity index (χ2n) is 4.16. The zero-order valence-electron chi connectivity index (χ0n) is 10.00. The molecule has 0 saturated heterocycles. The molecule has 1 aromatic carbocycles. The van der Waals surface area contributed by atoms with Crippen LogP contribution in [0.5, 0.6) is 5.88 Å². The Kier molecular flexibility index (Phi) is 2.68. The number of para-hydroxylation sites is 1. The first kappa shape index (κ1) is 11.3. The van der Waals surface area contributed by atoms with Crippen molar-refractivity contribution in [1.82, 2.24) is 19.5 Å². The third-order valence-electron chi connectivity index (χ3n) is 2.88. The quantitative estimate of drug-likeness (QED) is 0.657. The van der Waals surface area contributed by atoms with Crippen molar-refractivity contribution in [3.8, 4) is 11.6 Å². The van der Waals surface area contributed by atoms with Crippen LogP contribution >= 0.6 is 0 Å². The van der Waals surface area contributed by atoms with E-state index in [0.29, 0.717) is 17.8 Å². The average Bonchev–Trinajstić information content (AvgIpc) is 3.01. The maximum Gasteiger partial charge on any atom is 0.333 e. The summed E-state index contributed by atoms with van der Waals surface area (Å²) in [6.07, 6.45) is 3.59. The lowest BCUT2D eigenvalue weighted by Crippen LogP contribution is -2.14. The highest BCUT2D eigenvalue weighted by atomic mass is 16.3. The summed E-state index contributed by atoms with van der Waals surface area (Å²) < 4.78 is 1.24. The summed E-state index contributed by atoms with van der Waals surface area (Å²) in [5.41, 5.74) is 1.53. The Hall–Kier alpha value is -2.76. The van der Waals surface area contributed by atoms with Crippen LogP contribution in [0, 0.1) is 0 Å². The number of H-pyrrole nitrogens is 2. The van der Waals surface area contributed by atoms with E-state index in [1.54, 1.807) is 24.7 Å². The molecule has 0 spiro atoms. The number of benzene rings is 1. The van der Waals surface area contributed by atoms with Gasteiger partial charge in [0.05, 0.1) is 17.7 Å². The van der Waals surface area contributed by atoms with Crippen LogP contribution in [0.1, 0.15) is 11.4 Å².